The molecule has 7 heteroatoms. The Labute approximate surface area is 142 Å². The van der Waals surface area contributed by atoms with Crippen molar-refractivity contribution in [2.24, 2.45) is 0 Å². The van der Waals surface area contributed by atoms with E-state index in [9.17, 15) is 4.79 Å². The van der Waals surface area contributed by atoms with E-state index in [2.05, 4.69) is 10.4 Å². The Balaban J connectivity index is 1.72. The summed E-state index contributed by atoms with van der Waals surface area (Å²) in [6.07, 6.45) is 3.22. The minimum Gasteiger partial charge on any atom is -0.454 e. The quantitative estimate of drug-likeness (QED) is 0.759. The predicted octanol–water partition coefficient (Wildman–Crippen LogP) is 4.39. The fourth-order valence-electron chi connectivity index (χ4n) is 2.10. The first-order chi connectivity index (χ1) is 11.0. The molecule has 0 spiro atoms. The van der Waals surface area contributed by atoms with E-state index in [1.54, 1.807) is 47.4 Å². The molecule has 0 radical (unpaired) electrons. The molecule has 0 unspecified atom stereocenters. The molecule has 1 amide bonds. The van der Waals surface area contributed by atoms with Crippen LogP contribution in [0.4, 0.5) is 5.69 Å². The lowest BCUT2D eigenvalue weighted by atomic mass is 10.2. The first kappa shape index (κ1) is 15.6. The number of amides is 1. The molecule has 2 heterocycles. The lowest BCUT2D eigenvalue weighted by molar-refractivity contribution is 0.0994. The van der Waals surface area contributed by atoms with E-state index in [4.69, 9.17) is 27.6 Å². The Kier molecular flexibility index (Phi) is 4.41. The smallest absolute Gasteiger partial charge is 0.291 e. The zero-order valence-electron chi connectivity index (χ0n) is 12.2. The van der Waals surface area contributed by atoms with E-state index in [-0.39, 0.29) is 11.7 Å². The second kappa shape index (κ2) is 6.48. The predicted molar refractivity (Wildman–Crippen MR) is 89.2 cm³/mol. The Bertz CT molecular complexity index is 855. The number of nitrogens with one attached hydrogen (secondary N) is 1. The summed E-state index contributed by atoms with van der Waals surface area (Å²) < 4.78 is 7.18. The number of carbonyl (C=O) groups is 1. The molecule has 3 rings (SSSR count). The molecule has 1 N–H and O–H groups in total. The van der Waals surface area contributed by atoms with E-state index in [1.807, 2.05) is 6.92 Å². The van der Waals surface area contributed by atoms with Gasteiger partial charge in [-0.1, -0.05) is 29.3 Å². The molecule has 5 nitrogen and oxygen atoms in total. The molecular weight excluding hydrogens is 337 g/mol. The number of anilines is 1. The highest BCUT2D eigenvalue weighted by Gasteiger charge is 2.13. The average Bonchev–Trinajstić information content (AvgIpc) is 3.14. The maximum Gasteiger partial charge on any atom is 0.291 e. The molecule has 0 fully saturated rings. The van der Waals surface area contributed by atoms with Crippen LogP contribution in [0.1, 0.15) is 21.9 Å². The second-order valence-electron chi connectivity index (χ2n) is 4.99. The maximum absolute atomic E-state index is 12.3. The molecule has 0 saturated heterocycles. The average molecular weight is 350 g/mol. The van der Waals surface area contributed by atoms with E-state index in [0.717, 1.165) is 5.56 Å². The minimum absolute atomic E-state index is 0.220. The van der Waals surface area contributed by atoms with Crippen molar-refractivity contribution in [3.63, 3.8) is 0 Å². The molecule has 0 atom stereocenters. The fourth-order valence-corrected chi connectivity index (χ4v) is 2.43. The van der Waals surface area contributed by atoms with Crippen molar-refractivity contribution in [3.05, 3.63) is 69.9 Å². The third-order valence-corrected chi connectivity index (χ3v) is 3.93. The molecule has 0 bridgehead atoms. The van der Waals surface area contributed by atoms with Gasteiger partial charge in [-0.15, -0.1) is 0 Å². The van der Waals surface area contributed by atoms with Gasteiger partial charge in [0.2, 0.25) is 0 Å². The normalized spacial score (nSPS) is 10.7. The Morgan fingerprint density at radius 3 is 2.87 bits per heavy atom. The van der Waals surface area contributed by atoms with Crippen molar-refractivity contribution in [1.29, 1.82) is 0 Å². The van der Waals surface area contributed by atoms with Gasteiger partial charge in [0.1, 0.15) is 5.76 Å². The van der Waals surface area contributed by atoms with Gasteiger partial charge in [0, 0.05) is 16.9 Å². The summed E-state index contributed by atoms with van der Waals surface area (Å²) in [5.74, 6) is 0.496. The molecule has 23 heavy (non-hydrogen) atoms. The number of furan rings is 1. The van der Waals surface area contributed by atoms with Gasteiger partial charge in [0.15, 0.2) is 5.76 Å². The van der Waals surface area contributed by atoms with Crippen molar-refractivity contribution in [2.75, 3.05) is 5.32 Å². The maximum atomic E-state index is 12.3. The van der Waals surface area contributed by atoms with Crippen LogP contribution in [0.5, 0.6) is 0 Å². The van der Waals surface area contributed by atoms with Gasteiger partial charge in [-0.2, -0.15) is 5.10 Å². The lowest BCUT2D eigenvalue weighted by Crippen LogP contribution is -2.12. The number of hydrogen-bond acceptors (Lipinski definition) is 3. The number of nitrogens with zero attached hydrogens (tertiary/aromatic N) is 2. The number of halogens is 2. The highest BCUT2D eigenvalue weighted by Crippen LogP contribution is 2.23. The summed E-state index contributed by atoms with van der Waals surface area (Å²) in [5.41, 5.74) is 1.46. The largest absolute Gasteiger partial charge is 0.454 e. The zero-order valence-corrected chi connectivity index (χ0v) is 13.7. The highest BCUT2D eigenvalue weighted by molar-refractivity contribution is 6.31. The van der Waals surface area contributed by atoms with Crippen LogP contribution in [0, 0.1) is 6.92 Å². The van der Waals surface area contributed by atoms with Crippen molar-refractivity contribution >= 4 is 34.8 Å². The summed E-state index contributed by atoms with van der Waals surface area (Å²) >= 11 is 11.9. The number of carbonyl (C=O) groups excluding carboxylic acids is 1. The number of rotatable bonds is 4. The first-order valence-electron chi connectivity index (χ1n) is 6.86. The van der Waals surface area contributed by atoms with Crippen LogP contribution in [0.2, 0.25) is 10.0 Å². The Hall–Kier alpha value is -2.24. The van der Waals surface area contributed by atoms with Gasteiger partial charge in [0.05, 0.1) is 17.8 Å². The highest BCUT2D eigenvalue weighted by atomic mass is 35.5. The SMILES string of the molecule is Cc1c(Cl)cccc1NC(=O)c1ccc(Cn2cc(Cl)cn2)o1. The van der Waals surface area contributed by atoms with Gasteiger partial charge < -0.3 is 9.73 Å². The monoisotopic (exact) mass is 349 g/mol. The molecule has 2 aromatic heterocycles. The van der Waals surface area contributed by atoms with Gasteiger partial charge in [-0.25, -0.2) is 0 Å². The van der Waals surface area contributed by atoms with E-state index in [0.29, 0.717) is 28.0 Å². The van der Waals surface area contributed by atoms with E-state index < -0.39 is 0 Å². The standard InChI is InChI=1S/C16H13Cl2N3O2/c1-10-13(18)3-2-4-14(10)20-16(22)15-6-5-12(23-15)9-21-8-11(17)7-19-21/h2-8H,9H2,1H3,(H,20,22). The van der Waals surface area contributed by atoms with Crippen LogP contribution in [0.3, 0.4) is 0 Å². The first-order valence-corrected chi connectivity index (χ1v) is 7.61. The van der Waals surface area contributed by atoms with E-state index in [1.165, 1.54) is 0 Å². The molecule has 0 saturated carbocycles. The van der Waals surface area contributed by atoms with Crippen molar-refractivity contribution in [3.8, 4) is 0 Å². The van der Waals surface area contributed by atoms with Crippen LogP contribution in [0.25, 0.3) is 0 Å². The molecule has 1 aromatic carbocycles. The van der Waals surface area contributed by atoms with Gasteiger partial charge >= 0.3 is 0 Å². The van der Waals surface area contributed by atoms with Crippen LogP contribution < -0.4 is 5.32 Å². The van der Waals surface area contributed by atoms with Crippen LogP contribution >= 0.6 is 23.2 Å². The molecular formula is C16H13Cl2N3O2. The van der Waals surface area contributed by atoms with Crippen molar-refractivity contribution in [1.82, 2.24) is 9.78 Å². The van der Waals surface area contributed by atoms with Gasteiger partial charge in [-0.3, -0.25) is 9.48 Å². The van der Waals surface area contributed by atoms with Crippen molar-refractivity contribution in [2.45, 2.75) is 13.5 Å². The second-order valence-corrected chi connectivity index (χ2v) is 5.83. The molecule has 118 valence electrons. The zero-order chi connectivity index (χ0) is 16.4. The summed E-state index contributed by atoms with van der Waals surface area (Å²) in [4.78, 5) is 12.3. The van der Waals surface area contributed by atoms with Gasteiger partial charge in [0.25, 0.3) is 5.91 Å². The van der Waals surface area contributed by atoms with Crippen molar-refractivity contribution < 1.29 is 9.21 Å². The summed E-state index contributed by atoms with van der Waals surface area (Å²) in [6.45, 7) is 2.24. The van der Waals surface area contributed by atoms with Crippen LogP contribution in [-0.4, -0.2) is 15.7 Å². The molecule has 0 aliphatic carbocycles. The Morgan fingerprint density at radius 2 is 2.13 bits per heavy atom. The lowest BCUT2D eigenvalue weighted by Gasteiger charge is -2.08. The third-order valence-electron chi connectivity index (χ3n) is 3.32. The summed E-state index contributed by atoms with van der Waals surface area (Å²) in [6, 6.07) is 8.69. The van der Waals surface area contributed by atoms with Crippen LogP contribution in [-0.2, 0) is 6.54 Å². The van der Waals surface area contributed by atoms with Gasteiger partial charge in [-0.05, 0) is 36.8 Å². The summed E-state index contributed by atoms with van der Waals surface area (Å²) in [7, 11) is 0. The van der Waals surface area contributed by atoms with E-state index >= 15 is 0 Å². The number of benzene rings is 1. The molecule has 0 aliphatic rings. The topological polar surface area (TPSA) is 60.1 Å². The fraction of sp³-hybridized carbons (Fsp3) is 0.125. The number of hydrogen-bond donors (Lipinski definition) is 1. The Morgan fingerprint density at radius 1 is 1.30 bits per heavy atom. The van der Waals surface area contributed by atoms with Crippen LogP contribution in [0.15, 0.2) is 47.1 Å². The number of aromatic nitrogens is 2. The summed E-state index contributed by atoms with van der Waals surface area (Å²) in [5, 5.41) is 7.99. The molecule has 3 aromatic rings. The molecule has 0 aliphatic heterocycles. The minimum atomic E-state index is -0.333. The third kappa shape index (κ3) is 3.57.